The summed E-state index contributed by atoms with van der Waals surface area (Å²) in [6.45, 7) is 23.3. The SMILES string of the molecule is CC1=CC(C)(C)N(CCc2ccc([N+](=O)[O-])cc2)c2cc3c(cc21)C(c1ccccc1C(=O)[O-])=c1cc2c(cc1O3)=[N+](CCCCCC(=O)NCCNC1(C)CCc3c(C)c(O)c(C)c(C)c3O1)C(C)(C)C=C2C.O=C=O. The van der Waals surface area contributed by atoms with Crippen molar-refractivity contribution in [2.24, 2.45) is 0 Å². The molecule has 0 fully saturated rings. The number of non-ortho nitro benzene ring substituents is 1. The molecule has 5 aromatic rings. The Bertz CT molecular complexity index is 3440. The second kappa shape index (κ2) is 22.0. The fourth-order valence-corrected chi connectivity index (χ4v) is 11.8. The molecule has 3 N–H and O–H groups in total. The van der Waals surface area contributed by atoms with Gasteiger partial charge in [-0.25, -0.2) is 4.58 Å². The first-order valence-electron chi connectivity index (χ1n) is 26.4. The van der Waals surface area contributed by atoms with Gasteiger partial charge in [-0.2, -0.15) is 9.59 Å². The number of allylic oxidation sites excluding steroid dienone is 2. The molecule has 77 heavy (non-hydrogen) atoms. The second-order valence-corrected chi connectivity index (χ2v) is 22.0. The maximum Gasteiger partial charge on any atom is 0.373 e. The van der Waals surface area contributed by atoms with Crippen LogP contribution in [0.3, 0.4) is 0 Å². The van der Waals surface area contributed by atoms with Crippen LogP contribution in [0.1, 0.15) is 141 Å². The van der Waals surface area contributed by atoms with Crippen LogP contribution in [0.2, 0.25) is 0 Å². The van der Waals surface area contributed by atoms with Crippen LogP contribution < -0.4 is 45.3 Å². The number of nitrogens with zero attached hydrogens (tertiary/aromatic N) is 3. The predicted molar refractivity (Wildman–Crippen MR) is 294 cm³/mol. The van der Waals surface area contributed by atoms with Crippen molar-refractivity contribution in [3.8, 4) is 23.0 Å². The van der Waals surface area contributed by atoms with Gasteiger partial charge in [0.15, 0.2) is 11.3 Å². The number of nitrogens with one attached hydrogen (secondary N) is 2. The van der Waals surface area contributed by atoms with Crippen molar-refractivity contribution in [1.29, 1.82) is 0 Å². The van der Waals surface area contributed by atoms with E-state index in [0.717, 1.165) is 122 Å². The van der Waals surface area contributed by atoms with Crippen LogP contribution in [0.5, 0.6) is 23.0 Å². The summed E-state index contributed by atoms with van der Waals surface area (Å²) in [5.41, 5.74) is 10.9. The molecule has 0 radical (unpaired) electrons. The molecule has 4 aliphatic rings. The number of hydrogen-bond acceptors (Lipinski definition) is 12. The summed E-state index contributed by atoms with van der Waals surface area (Å²) >= 11 is 0. The average molecular weight is 1040 g/mol. The fraction of sp³-hybridized carbons (Fsp3) is 0.387. The minimum Gasteiger partial charge on any atom is -0.545 e. The summed E-state index contributed by atoms with van der Waals surface area (Å²) in [5.74, 6) is 1.17. The highest BCUT2D eigenvalue weighted by Crippen LogP contribution is 2.47. The summed E-state index contributed by atoms with van der Waals surface area (Å²) in [6.07, 6.45) is 9.89. The van der Waals surface area contributed by atoms with E-state index < -0.39 is 11.7 Å². The Labute approximate surface area is 449 Å². The van der Waals surface area contributed by atoms with Crippen molar-refractivity contribution in [3.63, 3.8) is 0 Å². The number of phenols is 1. The molecule has 0 saturated heterocycles. The smallest absolute Gasteiger partial charge is 0.373 e. The largest absolute Gasteiger partial charge is 0.545 e. The van der Waals surface area contributed by atoms with E-state index in [2.05, 4.69) is 98.1 Å². The van der Waals surface area contributed by atoms with Crippen LogP contribution in [0.15, 0.2) is 84.9 Å². The number of carboxylic acid groups (broad SMARTS) is 1. The highest BCUT2D eigenvalue weighted by molar-refractivity contribution is 5.99. The number of amides is 1. The Morgan fingerprint density at radius 2 is 1.52 bits per heavy atom. The maximum absolute atomic E-state index is 13.0. The molecule has 0 spiro atoms. The molecule has 0 saturated carbocycles. The Hall–Kier alpha value is -7.87. The van der Waals surface area contributed by atoms with E-state index in [1.807, 2.05) is 52.0 Å². The lowest BCUT2D eigenvalue weighted by Gasteiger charge is -2.44. The van der Waals surface area contributed by atoms with Crippen molar-refractivity contribution in [2.45, 2.75) is 131 Å². The van der Waals surface area contributed by atoms with Crippen molar-refractivity contribution >= 4 is 46.1 Å². The van der Waals surface area contributed by atoms with Crippen LogP contribution in [0, 0.1) is 30.9 Å². The van der Waals surface area contributed by atoms with Gasteiger partial charge in [-0.1, -0.05) is 42.5 Å². The van der Waals surface area contributed by atoms with E-state index >= 15 is 0 Å². The maximum atomic E-state index is 13.0. The number of unbranched alkanes of at least 4 members (excludes halogenated alkanes) is 2. The van der Waals surface area contributed by atoms with Gasteiger partial charge < -0.3 is 34.7 Å². The van der Waals surface area contributed by atoms with E-state index in [-0.39, 0.29) is 39.3 Å². The molecule has 15 nitrogen and oxygen atoms in total. The number of phenolic OH excluding ortho intramolecular Hbond substituents is 1. The minimum atomic E-state index is -1.26. The number of hydrogen-bond donors (Lipinski definition) is 3. The number of nitro groups is 1. The van der Waals surface area contributed by atoms with E-state index in [1.54, 1.807) is 24.3 Å². The summed E-state index contributed by atoms with van der Waals surface area (Å²) in [4.78, 5) is 55.5. The van der Waals surface area contributed by atoms with E-state index in [1.165, 1.54) is 0 Å². The van der Waals surface area contributed by atoms with Crippen LogP contribution in [-0.2, 0) is 27.2 Å². The summed E-state index contributed by atoms with van der Waals surface area (Å²) < 4.78 is 16.0. The van der Waals surface area contributed by atoms with E-state index in [0.29, 0.717) is 55.3 Å². The van der Waals surface area contributed by atoms with Crippen molar-refractivity contribution < 1.29 is 43.8 Å². The lowest BCUT2D eigenvalue weighted by molar-refractivity contribution is -0.384. The highest BCUT2D eigenvalue weighted by atomic mass is 16.6. The van der Waals surface area contributed by atoms with Gasteiger partial charge in [0, 0.05) is 115 Å². The number of carbonyl (C=O) groups is 2. The molecule has 1 unspecified atom stereocenters. The monoisotopic (exact) mass is 1040 g/mol. The lowest BCUT2D eigenvalue weighted by Crippen LogP contribution is -2.52. The van der Waals surface area contributed by atoms with Crippen LogP contribution in [-0.4, -0.2) is 71.0 Å². The van der Waals surface area contributed by atoms with Gasteiger partial charge >= 0.3 is 6.15 Å². The normalized spacial score (nSPS) is 17.2. The molecule has 1 atom stereocenters. The quantitative estimate of drug-likeness (QED) is 0.0363. The number of aromatic hydroxyl groups is 1. The standard InChI is InChI=1S/C61H69N5O8.CO2/c1-36-34-59(6,7)64(28-15-11-12-18-54(67)62-26-27-63-61(10)25-23-43-40(5)56(68)38(3)39(4)57(43)74-61)50-32-52-48(30-46(36)50)55(44-16-13-14-17-45(44)58(69)70)49-31-47-37(2)35-60(8,9)65(51(47)33-53(49)73-52)29-24-41-19-21-42(22-20-41)66(71)72;2-1-3/h13-14,16-17,19-22,30-35,63H,11-12,15,18,23-29H2,1-10H3,(H2-,62,67,68,69,70);. The molecular weight excluding hydrogens is 975 g/mol. The van der Waals surface area contributed by atoms with Crippen molar-refractivity contribution in [3.05, 3.63) is 161 Å². The molecular formula is C62H69N5O10. The first-order chi connectivity index (χ1) is 36.5. The molecule has 5 aromatic carbocycles. The van der Waals surface area contributed by atoms with Crippen molar-refractivity contribution in [2.75, 3.05) is 31.1 Å². The molecule has 0 aliphatic carbocycles. The highest BCUT2D eigenvalue weighted by Gasteiger charge is 2.38. The van der Waals surface area contributed by atoms with Crippen LogP contribution in [0.4, 0.5) is 11.4 Å². The number of benzene rings is 5. The zero-order valence-corrected chi connectivity index (χ0v) is 45.8. The van der Waals surface area contributed by atoms with Gasteiger partial charge in [0.25, 0.3) is 5.69 Å². The number of anilines is 1. The van der Waals surface area contributed by atoms with Gasteiger partial charge in [0.1, 0.15) is 29.5 Å². The Morgan fingerprint density at radius 1 is 0.818 bits per heavy atom. The number of fused-ring (bicyclic) bond motifs is 5. The average Bonchev–Trinajstić information content (AvgIpc) is 3.38. The first kappa shape index (κ1) is 55.4. The molecule has 4 heterocycles. The number of nitro benzene ring substituents is 1. The number of carbonyl (C=O) groups excluding carboxylic acids is 4. The summed E-state index contributed by atoms with van der Waals surface area (Å²) in [6, 6.07) is 22.2. The minimum absolute atomic E-state index is 0.0200. The Kier molecular flexibility index (Phi) is 15.8. The molecule has 0 bridgehead atoms. The predicted octanol–water partition coefficient (Wildman–Crippen LogP) is 8.30. The number of aromatic carboxylic acids is 1. The zero-order chi connectivity index (χ0) is 55.7. The number of ether oxygens (including phenoxy) is 2. The van der Waals surface area contributed by atoms with Gasteiger partial charge in [0.2, 0.25) is 11.3 Å². The lowest BCUT2D eigenvalue weighted by atomic mass is 9.83. The molecule has 4 aliphatic heterocycles. The van der Waals surface area contributed by atoms with Gasteiger partial charge in [-0.05, 0) is 138 Å². The summed E-state index contributed by atoms with van der Waals surface area (Å²) in [5, 5.41) is 43.2. The fourth-order valence-electron chi connectivity index (χ4n) is 11.8. The summed E-state index contributed by atoms with van der Waals surface area (Å²) in [7, 11) is 0. The first-order valence-corrected chi connectivity index (χ1v) is 26.4. The topological polar surface area (TPSA) is 203 Å². The third-order valence-corrected chi connectivity index (χ3v) is 15.9. The Morgan fingerprint density at radius 3 is 2.22 bits per heavy atom. The van der Waals surface area contributed by atoms with Gasteiger partial charge in [-0.15, -0.1) is 0 Å². The third kappa shape index (κ3) is 11.2. The van der Waals surface area contributed by atoms with E-state index in [4.69, 9.17) is 19.1 Å². The molecule has 402 valence electrons. The molecule has 1 amide bonds. The molecule has 15 heteroatoms. The third-order valence-electron chi connectivity index (χ3n) is 15.9. The zero-order valence-electron chi connectivity index (χ0n) is 45.8. The van der Waals surface area contributed by atoms with E-state index in [9.17, 15) is 29.9 Å². The van der Waals surface area contributed by atoms with Crippen LogP contribution in [0.25, 0.3) is 16.7 Å². The van der Waals surface area contributed by atoms with Gasteiger partial charge in [0.05, 0.1) is 22.5 Å². The Balaban J connectivity index is 0.00000255. The van der Waals surface area contributed by atoms with Crippen LogP contribution >= 0.6 is 0 Å². The van der Waals surface area contributed by atoms with Crippen molar-refractivity contribution in [1.82, 2.24) is 15.2 Å². The second-order valence-electron chi connectivity index (χ2n) is 22.0. The number of rotatable bonds is 16. The molecule has 0 aromatic heterocycles. The number of carboxylic acids is 1. The molecule has 9 rings (SSSR count). The van der Waals surface area contributed by atoms with Gasteiger partial charge in [-0.3, -0.25) is 20.2 Å².